The summed E-state index contributed by atoms with van der Waals surface area (Å²) in [5.41, 5.74) is 2.89. The Labute approximate surface area is 115 Å². The molecular formula is C14H13N6+. The van der Waals surface area contributed by atoms with Gasteiger partial charge in [0, 0.05) is 19.3 Å². The number of hydrogen-bond acceptors (Lipinski definition) is 4. The van der Waals surface area contributed by atoms with E-state index in [1.54, 1.807) is 0 Å². The van der Waals surface area contributed by atoms with Crippen LogP contribution in [0.25, 0.3) is 29.1 Å². The smallest absolute Gasteiger partial charge is 0.331 e. The van der Waals surface area contributed by atoms with Crippen LogP contribution in [0.2, 0.25) is 0 Å². The first-order valence-corrected chi connectivity index (χ1v) is 6.41. The molecular weight excluding hydrogens is 252 g/mol. The summed E-state index contributed by atoms with van der Waals surface area (Å²) >= 11 is 0. The van der Waals surface area contributed by atoms with Gasteiger partial charge in [0.05, 0.1) is 11.6 Å². The number of hydrogen-bond donors (Lipinski definition) is 1. The lowest BCUT2D eigenvalue weighted by Gasteiger charge is -2.06. The van der Waals surface area contributed by atoms with Gasteiger partial charge in [-0.1, -0.05) is 0 Å². The van der Waals surface area contributed by atoms with Crippen LogP contribution in [-0.4, -0.2) is 26.6 Å². The molecule has 1 aliphatic heterocycles. The number of aryl methyl sites for hydroxylation is 1. The van der Waals surface area contributed by atoms with Gasteiger partial charge in [-0.25, -0.2) is 14.1 Å². The quantitative estimate of drug-likeness (QED) is 0.556. The summed E-state index contributed by atoms with van der Waals surface area (Å²) in [4.78, 5) is 9.07. The standard InChI is InChI=1S/C14H13N6/c1-9-16-14(15-2)13-10(3-8-20(13)18-9)11-4-6-19-7-5-12(19)17-11/h3-8H,1-2H3,(H,15,16,18)/q+1. The Morgan fingerprint density at radius 1 is 1.25 bits per heavy atom. The molecule has 3 aromatic rings. The van der Waals surface area contributed by atoms with E-state index >= 15 is 0 Å². The van der Waals surface area contributed by atoms with Gasteiger partial charge in [-0.3, -0.25) is 0 Å². The molecule has 4 heterocycles. The van der Waals surface area contributed by atoms with Gasteiger partial charge in [-0.15, -0.1) is 0 Å². The summed E-state index contributed by atoms with van der Waals surface area (Å²) in [6.45, 7) is 1.88. The predicted molar refractivity (Wildman–Crippen MR) is 75.9 cm³/mol. The molecule has 0 amide bonds. The Hall–Kier alpha value is -2.76. The molecule has 0 atom stereocenters. The van der Waals surface area contributed by atoms with E-state index in [4.69, 9.17) is 0 Å². The zero-order valence-corrected chi connectivity index (χ0v) is 11.2. The normalized spacial score (nSPS) is 12.3. The molecule has 0 aliphatic carbocycles. The van der Waals surface area contributed by atoms with Gasteiger partial charge in [0.1, 0.15) is 23.7 Å². The fraction of sp³-hybridized carbons (Fsp3) is 0.143. The molecule has 0 fully saturated rings. The Morgan fingerprint density at radius 2 is 2.15 bits per heavy atom. The van der Waals surface area contributed by atoms with Crippen LogP contribution in [0.4, 0.5) is 5.82 Å². The number of rotatable bonds is 2. The second kappa shape index (κ2) is 3.86. The van der Waals surface area contributed by atoms with Crippen molar-refractivity contribution in [1.82, 2.24) is 19.6 Å². The monoisotopic (exact) mass is 265 g/mol. The molecule has 3 aromatic heterocycles. The molecule has 0 unspecified atom stereocenters. The maximum absolute atomic E-state index is 4.63. The van der Waals surface area contributed by atoms with Crippen LogP contribution in [0.15, 0.2) is 24.5 Å². The fourth-order valence-electron chi connectivity index (χ4n) is 2.43. The first-order valence-electron chi connectivity index (χ1n) is 6.41. The third kappa shape index (κ3) is 1.45. The van der Waals surface area contributed by atoms with E-state index < -0.39 is 0 Å². The largest absolute Gasteiger partial charge is 0.371 e. The van der Waals surface area contributed by atoms with Crippen molar-refractivity contribution in [3.8, 4) is 11.3 Å². The molecule has 0 saturated heterocycles. The third-order valence-electron chi connectivity index (χ3n) is 3.41. The first-order chi connectivity index (χ1) is 9.76. The molecule has 20 heavy (non-hydrogen) atoms. The third-order valence-corrected chi connectivity index (χ3v) is 3.41. The van der Waals surface area contributed by atoms with Crippen LogP contribution in [0.5, 0.6) is 0 Å². The second-order valence-electron chi connectivity index (χ2n) is 4.67. The highest BCUT2D eigenvalue weighted by Crippen LogP contribution is 2.28. The Bertz CT molecular complexity index is 861. The molecule has 0 bridgehead atoms. The molecule has 1 aliphatic rings. The Kier molecular flexibility index (Phi) is 2.14. The van der Waals surface area contributed by atoms with Gasteiger partial charge in [0.2, 0.25) is 0 Å². The summed E-state index contributed by atoms with van der Waals surface area (Å²) < 4.78 is 3.83. The average molecular weight is 265 g/mol. The van der Waals surface area contributed by atoms with Crippen molar-refractivity contribution in [1.29, 1.82) is 0 Å². The highest BCUT2D eigenvalue weighted by Gasteiger charge is 2.21. The summed E-state index contributed by atoms with van der Waals surface area (Å²) in [5.74, 6) is 2.50. The van der Waals surface area contributed by atoms with Crippen molar-refractivity contribution in [2.45, 2.75) is 6.92 Å². The lowest BCUT2D eigenvalue weighted by Crippen LogP contribution is -2.36. The number of fused-ring (bicyclic) bond motifs is 2. The topological polar surface area (TPSA) is 59.0 Å². The predicted octanol–water partition coefficient (Wildman–Crippen LogP) is 1.37. The average Bonchev–Trinajstić information content (AvgIpc) is 2.83. The van der Waals surface area contributed by atoms with Crippen LogP contribution in [0, 0.1) is 6.92 Å². The molecule has 4 rings (SSSR count). The zero-order chi connectivity index (χ0) is 13.7. The zero-order valence-electron chi connectivity index (χ0n) is 11.2. The highest BCUT2D eigenvalue weighted by atomic mass is 15.3. The first kappa shape index (κ1) is 11.1. The van der Waals surface area contributed by atoms with Gasteiger partial charge in [-0.05, 0) is 18.0 Å². The van der Waals surface area contributed by atoms with Gasteiger partial charge in [-0.2, -0.15) is 5.10 Å². The maximum atomic E-state index is 4.63. The molecule has 0 saturated carbocycles. The molecule has 1 N–H and O–H groups in total. The van der Waals surface area contributed by atoms with E-state index in [1.807, 2.05) is 59.9 Å². The van der Waals surface area contributed by atoms with Crippen molar-refractivity contribution < 1.29 is 4.57 Å². The fourth-order valence-corrected chi connectivity index (χ4v) is 2.43. The van der Waals surface area contributed by atoms with Crippen molar-refractivity contribution >= 4 is 23.6 Å². The minimum Gasteiger partial charge on any atom is -0.371 e. The van der Waals surface area contributed by atoms with Gasteiger partial charge in [0.25, 0.3) is 0 Å². The van der Waals surface area contributed by atoms with Crippen LogP contribution in [0.3, 0.4) is 0 Å². The summed E-state index contributed by atoms with van der Waals surface area (Å²) in [5, 5.41) is 7.53. The Balaban J connectivity index is 1.98. The molecule has 0 spiro atoms. The van der Waals surface area contributed by atoms with E-state index in [-0.39, 0.29) is 0 Å². The van der Waals surface area contributed by atoms with E-state index in [9.17, 15) is 0 Å². The summed E-state index contributed by atoms with van der Waals surface area (Å²) in [7, 11) is 1.86. The van der Waals surface area contributed by atoms with Crippen molar-refractivity contribution in [3.05, 3.63) is 36.2 Å². The number of nitrogens with one attached hydrogen (secondary N) is 1. The molecule has 6 heteroatoms. The van der Waals surface area contributed by atoms with Crippen LogP contribution in [-0.2, 0) is 0 Å². The van der Waals surface area contributed by atoms with Crippen LogP contribution in [0.1, 0.15) is 11.6 Å². The van der Waals surface area contributed by atoms with Gasteiger partial charge in [0.15, 0.2) is 11.5 Å². The number of aromatic nitrogens is 5. The lowest BCUT2D eigenvalue weighted by atomic mass is 10.2. The van der Waals surface area contributed by atoms with Crippen molar-refractivity contribution in [2.24, 2.45) is 0 Å². The molecule has 6 nitrogen and oxygen atoms in total. The lowest BCUT2D eigenvalue weighted by molar-refractivity contribution is -0.584. The molecule has 0 radical (unpaired) electrons. The van der Waals surface area contributed by atoms with E-state index in [1.165, 1.54) is 0 Å². The van der Waals surface area contributed by atoms with Gasteiger partial charge < -0.3 is 5.32 Å². The van der Waals surface area contributed by atoms with E-state index in [2.05, 4.69) is 20.4 Å². The van der Waals surface area contributed by atoms with Crippen molar-refractivity contribution in [3.63, 3.8) is 0 Å². The number of nitrogens with zero attached hydrogens (tertiary/aromatic N) is 5. The summed E-state index contributed by atoms with van der Waals surface area (Å²) in [6.07, 6.45) is 7.91. The minimum atomic E-state index is 0.729. The molecule has 0 aromatic carbocycles. The Morgan fingerprint density at radius 3 is 2.85 bits per heavy atom. The van der Waals surface area contributed by atoms with Crippen LogP contribution >= 0.6 is 0 Å². The van der Waals surface area contributed by atoms with Crippen LogP contribution < -0.4 is 9.88 Å². The number of anilines is 1. The maximum Gasteiger partial charge on any atom is 0.331 e. The van der Waals surface area contributed by atoms with E-state index in [0.717, 1.165) is 34.2 Å². The van der Waals surface area contributed by atoms with E-state index in [0.29, 0.717) is 0 Å². The summed E-state index contributed by atoms with van der Waals surface area (Å²) in [6, 6.07) is 4.02. The van der Waals surface area contributed by atoms with Crippen molar-refractivity contribution in [2.75, 3.05) is 12.4 Å². The highest BCUT2D eigenvalue weighted by molar-refractivity contribution is 5.87. The SMILES string of the molecule is CNc1nc(C)nn2ccc(-c3cc[n+]4c(n3)C=C4)c12. The molecule has 98 valence electrons. The van der Waals surface area contributed by atoms with Gasteiger partial charge >= 0.3 is 5.82 Å². The minimum absolute atomic E-state index is 0.729. The second-order valence-corrected chi connectivity index (χ2v) is 4.67.